The van der Waals surface area contributed by atoms with Crippen molar-refractivity contribution < 1.29 is 21.6 Å². The smallest absolute Gasteiger partial charge is 0.303 e. The van der Waals surface area contributed by atoms with Gasteiger partial charge in [-0.3, -0.25) is 0 Å². The van der Waals surface area contributed by atoms with Gasteiger partial charge >= 0.3 is 6.18 Å². The van der Waals surface area contributed by atoms with Gasteiger partial charge in [-0.15, -0.1) is 0 Å². The van der Waals surface area contributed by atoms with Gasteiger partial charge in [0.2, 0.25) is 10.0 Å². The molecule has 2 aliphatic rings. The van der Waals surface area contributed by atoms with Crippen LogP contribution in [-0.4, -0.2) is 50.8 Å². The van der Waals surface area contributed by atoms with E-state index in [1.54, 1.807) is 0 Å². The Bertz CT molecular complexity index is 751. The van der Waals surface area contributed by atoms with E-state index in [-0.39, 0.29) is 4.90 Å². The molecule has 0 atom stereocenters. The molecule has 8 heteroatoms. The quantitative estimate of drug-likeness (QED) is 0.659. The van der Waals surface area contributed by atoms with Gasteiger partial charge < -0.3 is 4.90 Å². The molecule has 0 N–H and O–H groups in total. The van der Waals surface area contributed by atoms with E-state index in [1.807, 2.05) is 0 Å². The average Bonchev–Trinajstić information content (AvgIpc) is 2.69. The Balaban J connectivity index is 1.51. The highest BCUT2D eigenvalue weighted by Gasteiger charge is 2.32. The number of sulfonamides is 1. The van der Waals surface area contributed by atoms with Crippen molar-refractivity contribution in [2.75, 3.05) is 33.2 Å². The van der Waals surface area contributed by atoms with Crippen LogP contribution < -0.4 is 0 Å². The second-order valence-electron chi connectivity index (χ2n) is 8.56. The molecule has 0 amide bonds. The molecule has 1 aliphatic heterocycles. The first-order chi connectivity index (χ1) is 13.7. The maximum absolute atomic E-state index is 12.7. The summed E-state index contributed by atoms with van der Waals surface area (Å²) in [6.45, 7) is 3.98. The van der Waals surface area contributed by atoms with Gasteiger partial charge in [-0.25, -0.2) is 12.7 Å². The zero-order chi connectivity index (χ0) is 21.1. The summed E-state index contributed by atoms with van der Waals surface area (Å²) in [5.41, 5.74) is -0.842. The molecule has 1 saturated heterocycles. The fourth-order valence-corrected chi connectivity index (χ4v) is 5.81. The Labute approximate surface area is 172 Å². The third-order valence-corrected chi connectivity index (χ3v) is 8.17. The summed E-state index contributed by atoms with van der Waals surface area (Å²) in [5, 5.41) is 0. The minimum absolute atomic E-state index is 0.0909. The molecule has 0 aromatic heterocycles. The van der Waals surface area contributed by atoms with Crippen molar-refractivity contribution >= 4 is 10.0 Å². The second-order valence-corrected chi connectivity index (χ2v) is 10.6. The largest absolute Gasteiger partial charge is 0.416 e. The van der Waals surface area contributed by atoms with Gasteiger partial charge in [0.05, 0.1) is 10.5 Å². The van der Waals surface area contributed by atoms with Crippen LogP contribution in [0.5, 0.6) is 0 Å². The molecule has 164 valence electrons. The lowest BCUT2D eigenvalue weighted by molar-refractivity contribution is -0.137. The van der Waals surface area contributed by atoms with E-state index in [2.05, 4.69) is 4.90 Å². The van der Waals surface area contributed by atoms with E-state index in [9.17, 15) is 21.6 Å². The summed E-state index contributed by atoms with van der Waals surface area (Å²) in [5.74, 6) is 1.00. The summed E-state index contributed by atoms with van der Waals surface area (Å²) < 4.78 is 64.9. The summed E-state index contributed by atoms with van der Waals surface area (Å²) in [7, 11) is -2.26. The molecule has 2 fully saturated rings. The molecule has 1 saturated carbocycles. The fourth-order valence-electron chi connectivity index (χ4n) is 4.56. The van der Waals surface area contributed by atoms with E-state index in [1.165, 1.54) is 43.7 Å². The zero-order valence-electron chi connectivity index (χ0n) is 17.0. The number of hydrogen-bond donors (Lipinski definition) is 0. The molecule has 1 aromatic rings. The average molecular weight is 433 g/mol. The van der Waals surface area contributed by atoms with Crippen LogP contribution in [0.2, 0.25) is 0 Å². The Morgan fingerprint density at radius 1 is 0.966 bits per heavy atom. The summed E-state index contributed by atoms with van der Waals surface area (Å²) >= 11 is 0. The molecule has 1 aliphatic carbocycles. The lowest BCUT2D eigenvalue weighted by Crippen LogP contribution is -2.37. The molecular weight excluding hydrogens is 401 g/mol. The maximum atomic E-state index is 12.7. The van der Waals surface area contributed by atoms with Crippen molar-refractivity contribution in [3.05, 3.63) is 29.8 Å². The van der Waals surface area contributed by atoms with Gasteiger partial charge in [-0.1, -0.05) is 6.42 Å². The van der Waals surface area contributed by atoms with Crippen LogP contribution in [0.15, 0.2) is 29.2 Å². The monoisotopic (exact) mass is 432 g/mol. The van der Waals surface area contributed by atoms with Crippen LogP contribution in [0, 0.1) is 11.8 Å². The molecule has 1 heterocycles. The van der Waals surface area contributed by atoms with Crippen LogP contribution in [0.25, 0.3) is 0 Å². The number of benzene rings is 1. The summed E-state index contributed by atoms with van der Waals surface area (Å²) in [6.07, 6.45) is 3.70. The highest BCUT2D eigenvalue weighted by molar-refractivity contribution is 7.89. The molecule has 1 aromatic carbocycles. The van der Waals surface area contributed by atoms with Gasteiger partial charge in [-0.2, -0.15) is 13.2 Å². The first kappa shape index (κ1) is 22.6. The number of nitrogens with zero attached hydrogens (tertiary/aromatic N) is 2. The van der Waals surface area contributed by atoms with Crippen LogP contribution in [0.4, 0.5) is 13.2 Å². The van der Waals surface area contributed by atoms with E-state index in [0.29, 0.717) is 18.4 Å². The highest BCUT2D eigenvalue weighted by Crippen LogP contribution is 2.32. The Kier molecular flexibility index (Phi) is 7.27. The predicted molar refractivity (Wildman–Crippen MR) is 107 cm³/mol. The lowest BCUT2D eigenvalue weighted by atomic mass is 9.81. The molecule has 0 unspecified atom stereocenters. The van der Waals surface area contributed by atoms with Crippen LogP contribution >= 0.6 is 0 Å². The van der Waals surface area contributed by atoms with E-state index >= 15 is 0 Å². The standard InChI is InChI=1S/C21H31F3N2O2S/c1-25(29(27,28)20-11-9-19(10-12-20)21(22,23)24)15-17-5-7-18(8-6-17)16-26-13-3-2-4-14-26/h9-12,17-18H,2-8,13-16H2,1H3/t17-,18-. The van der Waals surface area contributed by atoms with Crippen molar-refractivity contribution in [1.29, 1.82) is 0 Å². The minimum atomic E-state index is -4.47. The summed E-state index contributed by atoms with van der Waals surface area (Å²) in [6, 6.07) is 3.74. The van der Waals surface area contributed by atoms with Crippen LogP contribution in [-0.2, 0) is 16.2 Å². The van der Waals surface area contributed by atoms with Gasteiger partial charge in [0.1, 0.15) is 0 Å². The van der Waals surface area contributed by atoms with Gasteiger partial charge in [0.15, 0.2) is 0 Å². The lowest BCUT2D eigenvalue weighted by Gasteiger charge is -2.35. The maximum Gasteiger partial charge on any atom is 0.416 e. The highest BCUT2D eigenvalue weighted by atomic mass is 32.2. The van der Waals surface area contributed by atoms with Gasteiger partial charge in [0, 0.05) is 20.1 Å². The third kappa shape index (κ3) is 5.95. The molecule has 0 bridgehead atoms. The van der Waals surface area contributed by atoms with E-state index < -0.39 is 21.8 Å². The van der Waals surface area contributed by atoms with Crippen molar-refractivity contribution in [3.8, 4) is 0 Å². The van der Waals surface area contributed by atoms with Crippen molar-refractivity contribution in [2.45, 2.75) is 56.0 Å². The number of rotatable bonds is 6. The Morgan fingerprint density at radius 2 is 1.52 bits per heavy atom. The van der Waals surface area contributed by atoms with Gasteiger partial charge in [-0.05, 0) is 87.7 Å². The summed E-state index contributed by atoms with van der Waals surface area (Å²) in [4.78, 5) is 2.47. The van der Waals surface area contributed by atoms with Gasteiger partial charge in [0.25, 0.3) is 0 Å². The molecule has 29 heavy (non-hydrogen) atoms. The Morgan fingerprint density at radius 3 is 2.07 bits per heavy atom. The fraction of sp³-hybridized carbons (Fsp3) is 0.714. The molecule has 0 radical (unpaired) electrons. The van der Waals surface area contributed by atoms with Crippen molar-refractivity contribution in [1.82, 2.24) is 9.21 Å². The van der Waals surface area contributed by atoms with E-state index in [4.69, 9.17) is 0 Å². The molecule has 4 nitrogen and oxygen atoms in total. The van der Waals surface area contributed by atoms with Crippen molar-refractivity contribution in [3.63, 3.8) is 0 Å². The van der Waals surface area contributed by atoms with E-state index in [0.717, 1.165) is 56.5 Å². The second kappa shape index (κ2) is 9.35. The zero-order valence-corrected chi connectivity index (χ0v) is 17.8. The third-order valence-electron chi connectivity index (χ3n) is 6.34. The first-order valence-electron chi connectivity index (χ1n) is 10.5. The normalized spacial score (nSPS) is 24.7. The first-order valence-corrected chi connectivity index (χ1v) is 12.0. The Hall–Kier alpha value is -1.12. The van der Waals surface area contributed by atoms with Crippen LogP contribution in [0.1, 0.15) is 50.5 Å². The molecular formula is C21H31F3N2O2S. The number of hydrogen-bond acceptors (Lipinski definition) is 3. The number of likely N-dealkylation sites (tertiary alicyclic amines) is 1. The molecule has 0 spiro atoms. The number of piperidine rings is 1. The van der Waals surface area contributed by atoms with Crippen molar-refractivity contribution in [2.24, 2.45) is 11.8 Å². The number of alkyl halides is 3. The molecule has 3 rings (SSSR count). The topological polar surface area (TPSA) is 40.6 Å². The number of halogens is 3. The SMILES string of the molecule is CN(C[C@H]1CC[C@H](CN2CCCCC2)CC1)S(=O)(=O)c1ccc(C(F)(F)F)cc1. The minimum Gasteiger partial charge on any atom is -0.303 e. The predicted octanol–water partition coefficient (Wildman–Crippen LogP) is 4.62. The van der Waals surface area contributed by atoms with Crippen LogP contribution in [0.3, 0.4) is 0 Å².